The van der Waals surface area contributed by atoms with Crippen LogP contribution < -0.4 is 0 Å². The number of hydrogen-bond acceptors (Lipinski definition) is 5. The van der Waals surface area contributed by atoms with Gasteiger partial charge in [-0.1, -0.05) is 54.6 Å². The fourth-order valence-electron chi connectivity index (χ4n) is 4.08. The van der Waals surface area contributed by atoms with Crippen LogP contribution in [-0.4, -0.2) is 52.8 Å². The molecule has 0 aliphatic rings. The maximum Gasteiger partial charge on any atom is 0.273 e. The molecule has 0 aliphatic heterocycles. The van der Waals surface area contributed by atoms with Gasteiger partial charge >= 0.3 is 0 Å². The van der Waals surface area contributed by atoms with Crippen molar-refractivity contribution in [3.63, 3.8) is 0 Å². The summed E-state index contributed by atoms with van der Waals surface area (Å²) in [5.41, 5.74) is 3.42. The van der Waals surface area contributed by atoms with Crippen LogP contribution >= 0.6 is 11.3 Å². The van der Waals surface area contributed by atoms with E-state index in [0.29, 0.717) is 38.4 Å². The van der Waals surface area contributed by atoms with Crippen molar-refractivity contribution in [2.75, 3.05) is 27.2 Å². The van der Waals surface area contributed by atoms with Crippen LogP contribution in [0.15, 0.2) is 84.2 Å². The van der Waals surface area contributed by atoms with Gasteiger partial charge in [0, 0.05) is 38.1 Å². The van der Waals surface area contributed by atoms with Crippen LogP contribution in [0, 0.1) is 11.6 Å². The summed E-state index contributed by atoms with van der Waals surface area (Å²) < 4.78 is 26.9. The maximum absolute atomic E-state index is 13.5. The Balaban J connectivity index is 1.50. The predicted molar refractivity (Wildman–Crippen MR) is 148 cm³/mol. The molecular weight excluding hydrogens is 502 g/mol. The molecule has 0 aliphatic carbocycles. The number of likely N-dealkylation sites (N-methyl/N-ethyl adjacent to an activating group) is 1. The molecule has 1 amide bonds. The van der Waals surface area contributed by atoms with Crippen LogP contribution in [0.4, 0.5) is 8.78 Å². The molecule has 0 atom stereocenters. The number of rotatable bonds is 12. The first-order valence-electron chi connectivity index (χ1n) is 12.5. The molecule has 4 aromatic rings. The molecule has 1 heterocycles. The molecule has 1 aromatic heterocycles. The highest BCUT2D eigenvalue weighted by Gasteiger charge is 2.20. The predicted octanol–water partition coefficient (Wildman–Crippen LogP) is 5.83. The van der Waals surface area contributed by atoms with E-state index >= 15 is 0 Å². The standard InChI is InChI=1S/C30H32F2N4OS/c1-34(2)16-17-36(20-23-6-4-3-5-7-23)30(37)28-22-38-29(33-28)21-35(18-24-8-12-26(31)13-9-24)19-25-10-14-27(32)15-11-25/h3-15,22H,16-21H2,1-2H3. The molecule has 3 aromatic carbocycles. The van der Waals surface area contributed by atoms with Gasteiger partial charge in [-0.05, 0) is 55.1 Å². The van der Waals surface area contributed by atoms with Gasteiger partial charge in [0.05, 0.1) is 6.54 Å². The van der Waals surface area contributed by atoms with E-state index in [-0.39, 0.29) is 17.5 Å². The van der Waals surface area contributed by atoms with Gasteiger partial charge in [0.25, 0.3) is 5.91 Å². The Morgan fingerprint density at radius 1 is 0.737 bits per heavy atom. The summed E-state index contributed by atoms with van der Waals surface area (Å²) in [6.45, 7) is 3.48. The van der Waals surface area contributed by atoms with Gasteiger partial charge in [-0.25, -0.2) is 13.8 Å². The Kier molecular flexibility index (Phi) is 9.70. The van der Waals surface area contributed by atoms with Crippen molar-refractivity contribution in [3.8, 4) is 0 Å². The molecule has 0 radical (unpaired) electrons. The Labute approximate surface area is 227 Å². The number of aromatic nitrogens is 1. The monoisotopic (exact) mass is 534 g/mol. The quantitative estimate of drug-likeness (QED) is 0.229. The molecule has 0 saturated heterocycles. The summed E-state index contributed by atoms with van der Waals surface area (Å²) in [7, 11) is 3.98. The van der Waals surface area contributed by atoms with Gasteiger partial charge in [0.1, 0.15) is 22.3 Å². The number of benzene rings is 3. The highest BCUT2D eigenvalue weighted by atomic mass is 32.1. The highest BCUT2D eigenvalue weighted by molar-refractivity contribution is 7.09. The number of halogens is 2. The van der Waals surface area contributed by atoms with Crippen LogP contribution in [0.3, 0.4) is 0 Å². The number of hydrogen-bond donors (Lipinski definition) is 0. The first-order valence-corrected chi connectivity index (χ1v) is 13.4. The van der Waals surface area contributed by atoms with Gasteiger partial charge in [-0.2, -0.15) is 0 Å². The zero-order valence-corrected chi connectivity index (χ0v) is 22.5. The lowest BCUT2D eigenvalue weighted by molar-refractivity contribution is 0.0726. The van der Waals surface area contributed by atoms with Crippen LogP contribution in [0.25, 0.3) is 0 Å². The summed E-state index contributed by atoms with van der Waals surface area (Å²) >= 11 is 1.45. The second-order valence-corrected chi connectivity index (χ2v) is 10.5. The molecule has 8 heteroatoms. The van der Waals surface area contributed by atoms with Crippen molar-refractivity contribution in [2.24, 2.45) is 0 Å². The first-order chi connectivity index (χ1) is 18.4. The van der Waals surface area contributed by atoms with Gasteiger partial charge in [0.2, 0.25) is 0 Å². The van der Waals surface area contributed by atoms with Crippen LogP contribution in [0.2, 0.25) is 0 Å². The Hall–Kier alpha value is -3.46. The second kappa shape index (κ2) is 13.4. The molecule has 4 rings (SSSR count). The van der Waals surface area contributed by atoms with Crippen molar-refractivity contribution < 1.29 is 13.6 Å². The maximum atomic E-state index is 13.5. The van der Waals surface area contributed by atoms with Gasteiger partial charge < -0.3 is 9.80 Å². The molecule has 38 heavy (non-hydrogen) atoms. The zero-order chi connectivity index (χ0) is 26.9. The van der Waals surface area contributed by atoms with E-state index in [9.17, 15) is 13.6 Å². The third-order valence-electron chi connectivity index (χ3n) is 6.09. The van der Waals surface area contributed by atoms with Crippen molar-refractivity contribution in [1.82, 2.24) is 19.7 Å². The van der Waals surface area contributed by atoms with Crippen molar-refractivity contribution >= 4 is 17.2 Å². The largest absolute Gasteiger partial charge is 0.332 e. The van der Waals surface area contributed by atoms with E-state index in [0.717, 1.165) is 28.2 Å². The normalized spacial score (nSPS) is 11.3. The van der Waals surface area contributed by atoms with Crippen molar-refractivity contribution in [1.29, 1.82) is 0 Å². The summed E-state index contributed by atoms with van der Waals surface area (Å²) in [4.78, 5) is 24.2. The SMILES string of the molecule is CN(C)CCN(Cc1ccccc1)C(=O)c1csc(CN(Cc2ccc(F)cc2)Cc2ccc(F)cc2)n1. The van der Waals surface area contributed by atoms with Crippen LogP contribution in [-0.2, 0) is 26.2 Å². The average Bonchev–Trinajstić information content (AvgIpc) is 3.37. The second-order valence-electron chi connectivity index (χ2n) is 9.54. The van der Waals surface area contributed by atoms with Gasteiger partial charge in [-0.15, -0.1) is 11.3 Å². The van der Waals surface area contributed by atoms with E-state index in [1.807, 2.05) is 54.7 Å². The number of amides is 1. The van der Waals surface area contributed by atoms with E-state index in [4.69, 9.17) is 4.98 Å². The molecule has 5 nitrogen and oxygen atoms in total. The van der Waals surface area contributed by atoms with E-state index < -0.39 is 0 Å². The third kappa shape index (κ3) is 8.28. The molecule has 0 N–H and O–H groups in total. The molecule has 0 spiro atoms. The zero-order valence-electron chi connectivity index (χ0n) is 21.7. The van der Waals surface area contributed by atoms with Crippen LogP contribution in [0.1, 0.15) is 32.2 Å². The molecule has 0 fully saturated rings. The summed E-state index contributed by atoms with van der Waals surface area (Å²) in [6.07, 6.45) is 0. The molecular formula is C30H32F2N4OS. The first kappa shape index (κ1) is 27.6. The summed E-state index contributed by atoms with van der Waals surface area (Å²) in [5, 5.41) is 2.63. The lowest BCUT2D eigenvalue weighted by Gasteiger charge is -2.24. The molecule has 0 saturated carbocycles. The minimum atomic E-state index is -0.281. The highest BCUT2D eigenvalue weighted by Crippen LogP contribution is 2.19. The molecule has 0 unspecified atom stereocenters. The van der Waals surface area contributed by atoms with Crippen molar-refractivity contribution in [3.05, 3.63) is 123 Å². The van der Waals surface area contributed by atoms with E-state index in [2.05, 4.69) is 9.80 Å². The minimum Gasteiger partial charge on any atom is -0.332 e. The fourth-order valence-corrected chi connectivity index (χ4v) is 4.89. The Bertz CT molecular complexity index is 1250. The summed E-state index contributed by atoms with van der Waals surface area (Å²) in [5.74, 6) is -0.658. The van der Waals surface area contributed by atoms with Crippen LogP contribution in [0.5, 0.6) is 0 Å². The molecule has 198 valence electrons. The lowest BCUT2D eigenvalue weighted by atomic mass is 10.1. The topological polar surface area (TPSA) is 39.7 Å². The number of carbonyl (C=O) groups excluding carboxylic acids is 1. The Morgan fingerprint density at radius 3 is 1.84 bits per heavy atom. The van der Waals surface area contributed by atoms with E-state index in [1.165, 1.54) is 35.6 Å². The van der Waals surface area contributed by atoms with E-state index in [1.54, 1.807) is 24.3 Å². The van der Waals surface area contributed by atoms with Gasteiger partial charge in [0.15, 0.2) is 0 Å². The summed E-state index contributed by atoms with van der Waals surface area (Å²) in [6, 6.07) is 22.8. The van der Waals surface area contributed by atoms with Gasteiger partial charge in [-0.3, -0.25) is 9.69 Å². The fraction of sp³-hybridized carbons (Fsp3) is 0.267. The smallest absolute Gasteiger partial charge is 0.273 e. The number of nitrogens with zero attached hydrogens (tertiary/aromatic N) is 4. The lowest BCUT2D eigenvalue weighted by Crippen LogP contribution is -2.36. The average molecular weight is 535 g/mol. The number of carbonyl (C=O) groups is 1. The minimum absolute atomic E-state index is 0.0955. The third-order valence-corrected chi connectivity index (χ3v) is 6.92. The van der Waals surface area contributed by atoms with Crippen molar-refractivity contribution in [2.45, 2.75) is 26.2 Å². The number of thiazole rings is 1. The molecule has 0 bridgehead atoms. The Morgan fingerprint density at radius 2 is 1.29 bits per heavy atom.